The number of anilines is 1. The number of aryl methyl sites for hydroxylation is 1. The van der Waals surface area contributed by atoms with Crippen molar-refractivity contribution in [1.82, 2.24) is 20.5 Å². The molecular formula is C18H14ClF2N5O2. The molecule has 0 spiro atoms. The predicted octanol–water partition coefficient (Wildman–Crippen LogP) is 3.23. The lowest BCUT2D eigenvalue weighted by Gasteiger charge is -2.06. The molecule has 7 nitrogen and oxygen atoms in total. The predicted molar refractivity (Wildman–Crippen MR) is 98.1 cm³/mol. The fraction of sp³-hybridized carbons (Fsp3) is 0.111. The van der Waals surface area contributed by atoms with Gasteiger partial charge < -0.3 is 10.6 Å². The quantitative estimate of drug-likeness (QED) is 0.567. The molecule has 144 valence electrons. The van der Waals surface area contributed by atoms with Crippen LogP contribution in [0.5, 0.6) is 0 Å². The number of nitrogens with one attached hydrogen (secondary N) is 3. The normalized spacial score (nSPS) is 10.6. The fourth-order valence-corrected chi connectivity index (χ4v) is 2.48. The second kappa shape index (κ2) is 8.13. The lowest BCUT2D eigenvalue weighted by molar-refractivity contribution is 0.0945. The number of aromatic amines is 1. The highest BCUT2D eigenvalue weighted by molar-refractivity contribution is 6.29. The van der Waals surface area contributed by atoms with E-state index in [2.05, 4.69) is 25.8 Å². The van der Waals surface area contributed by atoms with Crippen LogP contribution < -0.4 is 10.6 Å². The Morgan fingerprint density at radius 2 is 1.89 bits per heavy atom. The number of amides is 2. The number of pyridine rings is 1. The second-order valence-electron chi connectivity index (χ2n) is 5.87. The van der Waals surface area contributed by atoms with Crippen molar-refractivity contribution in [3.63, 3.8) is 0 Å². The molecule has 1 aromatic carbocycles. The Kier molecular flexibility index (Phi) is 5.65. The molecule has 10 heteroatoms. The van der Waals surface area contributed by atoms with Crippen LogP contribution in [-0.2, 0) is 6.54 Å². The molecule has 3 rings (SSSR count). The maximum Gasteiger partial charge on any atom is 0.269 e. The van der Waals surface area contributed by atoms with E-state index in [0.29, 0.717) is 5.15 Å². The van der Waals surface area contributed by atoms with Gasteiger partial charge in [-0.05, 0) is 36.2 Å². The first kappa shape index (κ1) is 19.4. The molecule has 3 aromatic rings. The maximum absolute atomic E-state index is 13.4. The summed E-state index contributed by atoms with van der Waals surface area (Å²) in [5, 5.41) is 11.8. The molecule has 2 amide bonds. The number of halogens is 3. The number of aromatic nitrogens is 3. The number of hydrogen-bond acceptors (Lipinski definition) is 4. The van der Waals surface area contributed by atoms with Crippen molar-refractivity contribution in [2.75, 3.05) is 5.32 Å². The number of benzene rings is 1. The number of hydrogen-bond donors (Lipinski definition) is 3. The zero-order chi connectivity index (χ0) is 20.3. The number of rotatable bonds is 5. The summed E-state index contributed by atoms with van der Waals surface area (Å²) in [5.74, 6) is -3.24. The molecule has 2 heterocycles. The molecule has 0 saturated heterocycles. The summed E-state index contributed by atoms with van der Waals surface area (Å²) in [4.78, 5) is 28.3. The number of carbonyl (C=O) groups is 2. The van der Waals surface area contributed by atoms with E-state index in [-0.39, 0.29) is 29.2 Å². The van der Waals surface area contributed by atoms with E-state index in [4.69, 9.17) is 11.6 Å². The van der Waals surface area contributed by atoms with Crippen molar-refractivity contribution >= 4 is 29.2 Å². The third-order valence-electron chi connectivity index (χ3n) is 3.82. The van der Waals surface area contributed by atoms with Crippen LogP contribution in [-0.4, -0.2) is 27.0 Å². The van der Waals surface area contributed by atoms with Crippen LogP contribution in [0.3, 0.4) is 0 Å². The van der Waals surface area contributed by atoms with Gasteiger partial charge >= 0.3 is 0 Å². The van der Waals surface area contributed by atoms with Crippen molar-refractivity contribution in [3.05, 3.63) is 75.7 Å². The topological polar surface area (TPSA) is 99.8 Å². The van der Waals surface area contributed by atoms with Crippen LogP contribution in [0, 0.1) is 18.6 Å². The summed E-state index contributed by atoms with van der Waals surface area (Å²) in [5.41, 5.74) is 1.09. The van der Waals surface area contributed by atoms with E-state index >= 15 is 0 Å². The highest BCUT2D eigenvalue weighted by atomic mass is 35.5. The zero-order valence-electron chi connectivity index (χ0n) is 14.5. The molecule has 0 bridgehead atoms. The van der Waals surface area contributed by atoms with Gasteiger partial charge in [-0.1, -0.05) is 17.7 Å². The third kappa shape index (κ3) is 4.49. The highest BCUT2D eigenvalue weighted by Gasteiger charge is 2.16. The fourth-order valence-electron chi connectivity index (χ4n) is 2.37. The molecular weight excluding hydrogens is 392 g/mol. The molecule has 0 radical (unpaired) electrons. The molecule has 0 unspecified atom stereocenters. The highest BCUT2D eigenvalue weighted by Crippen LogP contribution is 2.16. The van der Waals surface area contributed by atoms with Crippen LogP contribution >= 0.6 is 11.6 Å². The molecule has 0 aliphatic heterocycles. The molecule has 3 N–H and O–H groups in total. The van der Waals surface area contributed by atoms with Crippen LogP contribution in [0.25, 0.3) is 0 Å². The van der Waals surface area contributed by atoms with Crippen molar-refractivity contribution in [1.29, 1.82) is 0 Å². The zero-order valence-corrected chi connectivity index (χ0v) is 15.3. The molecule has 2 aromatic heterocycles. The Bertz CT molecular complexity index is 1040. The average Bonchev–Trinajstić information content (AvgIpc) is 3.12. The monoisotopic (exact) mass is 405 g/mol. The van der Waals surface area contributed by atoms with Gasteiger partial charge in [0, 0.05) is 24.4 Å². The molecule has 0 fully saturated rings. The maximum atomic E-state index is 13.4. The first-order chi connectivity index (χ1) is 13.3. The first-order valence-corrected chi connectivity index (χ1v) is 8.42. The summed E-state index contributed by atoms with van der Waals surface area (Å²) in [7, 11) is 0. The average molecular weight is 406 g/mol. The van der Waals surface area contributed by atoms with Gasteiger partial charge in [-0.2, -0.15) is 5.10 Å². The van der Waals surface area contributed by atoms with Crippen LogP contribution in [0.15, 0.2) is 36.5 Å². The van der Waals surface area contributed by atoms with Crippen molar-refractivity contribution in [3.8, 4) is 0 Å². The Morgan fingerprint density at radius 1 is 1.14 bits per heavy atom. The minimum absolute atomic E-state index is 0.0388. The molecule has 0 aliphatic rings. The Labute approximate surface area is 163 Å². The summed E-state index contributed by atoms with van der Waals surface area (Å²) in [6, 6.07) is 6.38. The molecule has 0 aliphatic carbocycles. The minimum Gasteiger partial charge on any atom is -0.347 e. The third-order valence-corrected chi connectivity index (χ3v) is 4.04. The van der Waals surface area contributed by atoms with Gasteiger partial charge in [0.2, 0.25) is 0 Å². The van der Waals surface area contributed by atoms with Crippen LogP contribution in [0.2, 0.25) is 5.15 Å². The van der Waals surface area contributed by atoms with Gasteiger partial charge in [0.15, 0.2) is 17.5 Å². The Hall–Kier alpha value is -3.33. The molecule has 28 heavy (non-hydrogen) atoms. The first-order valence-electron chi connectivity index (χ1n) is 8.04. The largest absolute Gasteiger partial charge is 0.347 e. The van der Waals surface area contributed by atoms with E-state index in [1.807, 2.05) is 0 Å². The lowest BCUT2D eigenvalue weighted by Crippen LogP contribution is -2.23. The SMILES string of the molecule is Cc1cc(F)c(F)cc1C(=O)Nc1cc(C(=O)NCc2ccc(Cl)nc2)[nH]n1. The van der Waals surface area contributed by atoms with Crippen LogP contribution in [0.1, 0.15) is 32.0 Å². The van der Waals surface area contributed by atoms with Gasteiger partial charge in [-0.3, -0.25) is 14.7 Å². The standard InChI is InChI=1S/C18H14ClF2N5O2/c1-9-4-12(20)13(21)5-11(9)17(27)24-16-6-14(25-26-16)18(28)23-8-10-2-3-15(19)22-7-10/h2-7H,8H2,1H3,(H,23,28)(H2,24,25,26,27). The van der Waals surface area contributed by atoms with Gasteiger partial charge in [0.25, 0.3) is 11.8 Å². The number of carbonyl (C=O) groups excluding carboxylic acids is 2. The van der Waals surface area contributed by atoms with E-state index in [1.165, 1.54) is 19.2 Å². The summed E-state index contributed by atoms with van der Waals surface area (Å²) >= 11 is 5.70. The van der Waals surface area contributed by atoms with E-state index in [9.17, 15) is 18.4 Å². The number of H-pyrrole nitrogens is 1. The van der Waals surface area contributed by atoms with Crippen molar-refractivity contribution < 1.29 is 18.4 Å². The minimum atomic E-state index is -1.13. The summed E-state index contributed by atoms with van der Waals surface area (Å²) in [6.45, 7) is 1.70. The Balaban J connectivity index is 1.63. The Morgan fingerprint density at radius 3 is 2.61 bits per heavy atom. The lowest BCUT2D eigenvalue weighted by atomic mass is 10.1. The summed E-state index contributed by atoms with van der Waals surface area (Å²) in [6.07, 6.45) is 1.53. The van der Waals surface area contributed by atoms with E-state index in [0.717, 1.165) is 17.7 Å². The van der Waals surface area contributed by atoms with Gasteiger partial charge in [-0.15, -0.1) is 0 Å². The molecule has 0 saturated carbocycles. The summed E-state index contributed by atoms with van der Waals surface area (Å²) < 4.78 is 26.6. The van der Waals surface area contributed by atoms with Gasteiger partial charge in [0.1, 0.15) is 10.8 Å². The molecule has 0 atom stereocenters. The van der Waals surface area contributed by atoms with Gasteiger partial charge in [-0.25, -0.2) is 13.8 Å². The number of nitrogens with zero attached hydrogens (tertiary/aromatic N) is 2. The van der Waals surface area contributed by atoms with E-state index in [1.54, 1.807) is 12.1 Å². The second-order valence-corrected chi connectivity index (χ2v) is 6.26. The van der Waals surface area contributed by atoms with Crippen molar-refractivity contribution in [2.45, 2.75) is 13.5 Å². The van der Waals surface area contributed by atoms with Crippen LogP contribution in [0.4, 0.5) is 14.6 Å². The van der Waals surface area contributed by atoms with Crippen molar-refractivity contribution in [2.24, 2.45) is 0 Å². The van der Waals surface area contributed by atoms with Gasteiger partial charge in [0.05, 0.1) is 0 Å². The van der Waals surface area contributed by atoms with E-state index < -0.39 is 23.4 Å². The smallest absolute Gasteiger partial charge is 0.269 e.